The number of hydrogen-bond acceptors (Lipinski definition) is 3. The molecule has 0 radical (unpaired) electrons. The van der Waals surface area contributed by atoms with Crippen LogP contribution in [0.2, 0.25) is 0 Å². The van der Waals surface area contributed by atoms with Gasteiger partial charge in [0, 0.05) is 23.4 Å². The second-order valence-electron chi connectivity index (χ2n) is 10.2. The van der Waals surface area contributed by atoms with Crippen molar-refractivity contribution < 1.29 is 8.42 Å². The molecule has 4 aromatic rings. The van der Waals surface area contributed by atoms with Gasteiger partial charge < -0.3 is 0 Å². The van der Waals surface area contributed by atoms with Crippen molar-refractivity contribution >= 4 is 20.7 Å². The summed E-state index contributed by atoms with van der Waals surface area (Å²) in [6.45, 7) is 3.54. The van der Waals surface area contributed by atoms with Crippen LogP contribution in [0.1, 0.15) is 44.2 Å². The molecule has 0 spiro atoms. The van der Waals surface area contributed by atoms with Crippen LogP contribution < -0.4 is 0 Å². The summed E-state index contributed by atoms with van der Waals surface area (Å²) in [6, 6.07) is 25.2. The zero-order valence-corrected chi connectivity index (χ0v) is 20.9. The molecule has 4 heteroatoms. The van der Waals surface area contributed by atoms with E-state index >= 15 is 0 Å². The summed E-state index contributed by atoms with van der Waals surface area (Å²) >= 11 is 0. The lowest BCUT2D eigenvalue weighted by Crippen LogP contribution is -2.28. The normalized spacial score (nSPS) is 14.8. The SMILES string of the molecule is CC(C)(c1cc(-c2cccc(-c3ccc(CC4CCC4)cc3)c2)c2ncccc2c1)S(C)(=O)=O. The van der Waals surface area contributed by atoms with Gasteiger partial charge >= 0.3 is 0 Å². The van der Waals surface area contributed by atoms with Crippen LogP contribution in [-0.2, 0) is 21.0 Å². The van der Waals surface area contributed by atoms with Gasteiger partial charge in [0.1, 0.15) is 0 Å². The lowest BCUT2D eigenvalue weighted by atomic mass is 9.81. The molecular weight excluding hydrogens is 438 g/mol. The highest BCUT2D eigenvalue weighted by atomic mass is 32.2. The Morgan fingerprint density at radius 3 is 2.29 bits per heavy atom. The first-order valence-electron chi connectivity index (χ1n) is 12.0. The molecule has 0 saturated heterocycles. The van der Waals surface area contributed by atoms with Crippen molar-refractivity contribution in [3.8, 4) is 22.3 Å². The lowest BCUT2D eigenvalue weighted by Gasteiger charge is -2.25. The summed E-state index contributed by atoms with van der Waals surface area (Å²) in [4.78, 5) is 4.65. The molecular formula is C30H31NO2S. The Kier molecular flexibility index (Phi) is 5.81. The van der Waals surface area contributed by atoms with Crippen LogP contribution in [0.5, 0.6) is 0 Å². The van der Waals surface area contributed by atoms with Crippen molar-refractivity contribution in [1.82, 2.24) is 4.98 Å². The molecule has 3 nitrogen and oxygen atoms in total. The fraction of sp³-hybridized carbons (Fsp3) is 0.300. The fourth-order valence-electron chi connectivity index (χ4n) is 4.70. The number of hydrogen-bond donors (Lipinski definition) is 0. The van der Waals surface area contributed by atoms with Crippen LogP contribution in [0.4, 0.5) is 0 Å². The Bertz CT molecular complexity index is 1450. The van der Waals surface area contributed by atoms with Gasteiger partial charge in [-0.2, -0.15) is 0 Å². The Labute approximate surface area is 202 Å². The smallest absolute Gasteiger partial charge is 0.156 e. The molecule has 1 heterocycles. The maximum atomic E-state index is 12.6. The first-order valence-corrected chi connectivity index (χ1v) is 13.9. The number of rotatable bonds is 6. The van der Waals surface area contributed by atoms with Gasteiger partial charge in [0.25, 0.3) is 0 Å². The minimum absolute atomic E-state index is 0.774. The zero-order chi connectivity index (χ0) is 23.9. The monoisotopic (exact) mass is 469 g/mol. The number of sulfone groups is 1. The van der Waals surface area contributed by atoms with E-state index in [0.29, 0.717) is 0 Å². The second-order valence-corrected chi connectivity index (χ2v) is 12.7. The molecule has 3 aromatic carbocycles. The summed E-state index contributed by atoms with van der Waals surface area (Å²) in [5.74, 6) is 0.860. The third kappa shape index (κ3) is 4.27. The van der Waals surface area contributed by atoms with E-state index in [4.69, 9.17) is 0 Å². The summed E-state index contributed by atoms with van der Waals surface area (Å²) in [5, 5.41) is 0.942. The molecule has 1 saturated carbocycles. The Balaban J connectivity index is 1.57. The Hall–Kier alpha value is -2.98. The predicted molar refractivity (Wildman–Crippen MR) is 142 cm³/mol. The van der Waals surface area contributed by atoms with E-state index in [2.05, 4.69) is 53.5 Å². The van der Waals surface area contributed by atoms with Crippen LogP contribution in [0.15, 0.2) is 79.0 Å². The number of aromatic nitrogens is 1. The molecule has 1 aliphatic carbocycles. The highest BCUT2D eigenvalue weighted by molar-refractivity contribution is 7.91. The average molecular weight is 470 g/mol. The molecule has 1 aliphatic rings. The molecule has 0 bridgehead atoms. The average Bonchev–Trinajstić information content (AvgIpc) is 2.80. The molecule has 5 rings (SSSR count). The van der Waals surface area contributed by atoms with Gasteiger partial charge in [-0.1, -0.05) is 67.8 Å². The van der Waals surface area contributed by atoms with Crippen LogP contribution >= 0.6 is 0 Å². The fourth-order valence-corrected chi connectivity index (χ4v) is 5.25. The molecule has 1 fully saturated rings. The van der Waals surface area contributed by atoms with Crippen molar-refractivity contribution in [2.75, 3.05) is 6.26 Å². The van der Waals surface area contributed by atoms with Crippen LogP contribution in [0.3, 0.4) is 0 Å². The standard InChI is InChI=1S/C30H31NO2S/c1-30(2,34(3,32)33)27-19-26-11-6-16-31-29(26)28(20-27)25-10-5-9-24(18-25)23-14-12-22(13-15-23)17-21-7-4-8-21/h5-6,9-16,18-21H,4,7-8,17H2,1-3H3. The Morgan fingerprint density at radius 2 is 1.62 bits per heavy atom. The van der Waals surface area contributed by atoms with Gasteiger partial charge in [-0.15, -0.1) is 0 Å². The molecule has 0 aliphatic heterocycles. The number of fused-ring (bicyclic) bond motifs is 1. The lowest BCUT2D eigenvalue weighted by molar-refractivity contribution is 0.314. The number of nitrogens with zero attached hydrogens (tertiary/aromatic N) is 1. The third-order valence-electron chi connectivity index (χ3n) is 7.54. The molecule has 0 N–H and O–H groups in total. The van der Waals surface area contributed by atoms with Gasteiger partial charge in [-0.25, -0.2) is 8.42 Å². The maximum absolute atomic E-state index is 12.6. The van der Waals surface area contributed by atoms with Crippen molar-refractivity contribution in [2.24, 2.45) is 5.92 Å². The topological polar surface area (TPSA) is 47.0 Å². The molecule has 34 heavy (non-hydrogen) atoms. The van der Waals surface area contributed by atoms with Gasteiger partial charge in [-0.3, -0.25) is 4.98 Å². The number of benzene rings is 3. The van der Waals surface area contributed by atoms with Crippen molar-refractivity contribution in [3.63, 3.8) is 0 Å². The molecule has 0 unspecified atom stereocenters. The molecule has 174 valence electrons. The summed E-state index contributed by atoms with van der Waals surface area (Å²) in [6.07, 6.45) is 8.37. The van der Waals surface area contributed by atoms with E-state index in [1.807, 2.05) is 24.3 Å². The van der Waals surface area contributed by atoms with Gasteiger partial charge in [-0.05, 0) is 78.3 Å². The van der Waals surface area contributed by atoms with Crippen LogP contribution in [-0.4, -0.2) is 19.7 Å². The molecule has 0 atom stereocenters. The van der Waals surface area contributed by atoms with E-state index in [0.717, 1.165) is 39.1 Å². The third-order valence-corrected chi connectivity index (χ3v) is 9.63. The van der Waals surface area contributed by atoms with Crippen LogP contribution in [0.25, 0.3) is 33.2 Å². The largest absolute Gasteiger partial charge is 0.256 e. The van der Waals surface area contributed by atoms with E-state index in [9.17, 15) is 8.42 Å². The van der Waals surface area contributed by atoms with Crippen molar-refractivity contribution in [3.05, 3.63) is 90.1 Å². The predicted octanol–water partition coefficient (Wildman–Crippen LogP) is 7.19. The van der Waals surface area contributed by atoms with E-state index in [-0.39, 0.29) is 0 Å². The molecule has 0 amide bonds. The zero-order valence-electron chi connectivity index (χ0n) is 20.1. The van der Waals surface area contributed by atoms with E-state index < -0.39 is 14.6 Å². The van der Waals surface area contributed by atoms with Gasteiger partial charge in [0.05, 0.1) is 10.3 Å². The summed E-state index contributed by atoms with van der Waals surface area (Å²) < 4.78 is 24.2. The highest BCUT2D eigenvalue weighted by Gasteiger charge is 2.33. The first kappa shape index (κ1) is 22.8. The van der Waals surface area contributed by atoms with Gasteiger partial charge in [0.15, 0.2) is 9.84 Å². The van der Waals surface area contributed by atoms with E-state index in [1.165, 1.54) is 43.1 Å². The number of pyridine rings is 1. The Morgan fingerprint density at radius 1 is 0.882 bits per heavy atom. The second kappa shape index (κ2) is 8.66. The first-order chi connectivity index (χ1) is 16.2. The van der Waals surface area contributed by atoms with Crippen molar-refractivity contribution in [2.45, 2.75) is 44.3 Å². The van der Waals surface area contributed by atoms with Crippen molar-refractivity contribution in [1.29, 1.82) is 0 Å². The minimum Gasteiger partial charge on any atom is -0.256 e. The van der Waals surface area contributed by atoms with E-state index in [1.54, 1.807) is 20.0 Å². The highest BCUT2D eigenvalue weighted by Crippen LogP contribution is 2.37. The maximum Gasteiger partial charge on any atom is 0.156 e. The quantitative estimate of drug-likeness (QED) is 0.300. The summed E-state index contributed by atoms with van der Waals surface area (Å²) in [7, 11) is -3.31. The minimum atomic E-state index is -3.31. The van der Waals surface area contributed by atoms with Crippen LogP contribution in [0, 0.1) is 5.92 Å². The van der Waals surface area contributed by atoms with Gasteiger partial charge in [0.2, 0.25) is 0 Å². The summed E-state index contributed by atoms with van der Waals surface area (Å²) in [5.41, 5.74) is 7.38. The molecule has 1 aromatic heterocycles.